The van der Waals surface area contributed by atoms with Crippen molar-refractivity contribution < 1.29 is 0 Å². The summed E-state index contributed by atoms with van der Waals surface area (Å²) in [6.45, 7) is 1.96. The molecule has 138 valence electrons. The van der Waals surface area contributed by atoms with Gasteiger partial charge in [0.05, 0.1) is 0 Å². The maximum absolute atomic E-state index is 3.84. The molecule has 3 aromatic rings. The van der Waals surface area contributed by atoms with Crippen LogP contribution in [0.2, 0.25) is 0 Å². The van der Waals surface area contributed by atoms with Crippen LogP contribution in [-0.2, 0) is 6.54 Å². The quantitative estimate of drug-likeness (QED) is 0.667. The molecule has 1 unspecified atom stereocenters. The highest BCUT2D eigenvalue weighted by molar-refractivity contribution is 5.34. The van der Waals surface area contributed by atoms with Gasteiger partial charge in [0.1, 0.15) is 0 Å². The van der Waals surface area contributed by atoms with Crippen LogP contribution in [0.5, 0.6) is 0 Å². The van der Waals surface area contributed by atoms with Crippen LogP contribution in [0.4, 0.5) is 0 Å². The molecule has 3 aromatic carbocycles. The highest BCUT2D eigenvalue weighted by atomic mass is 15.0. The van der Waals surface area contributed by atoms with Crippen LogP contribution in [-0.4, -0.2) is 18.6 Å². The SMILES string of the molecule is c1ccc(CN[C@H]2CCC(C(c3ccccc3)c3ccccc3)NC2)cc1. The van der Waals surface area contributed by atoms with Gasteiger partial charge in [0.2, 0.25) is 0 Å². The van der Waals surface area contributed by atoms with Gasteiger partial charge in [-0.1, -0.05) is 91.0 Å². The Morgan fingerprint density at radius 1 is 0.741 bits per heavy atom. The number of nitrogens with one attached hydrogen (secondary N) is 2. The zero-order chi connectivity index (χ0) is 18.3. The van der Waals surface area contributed by atoms with Gasteiger partial charge in [0.25, 0.3) is 0 Å². The standard InChI is InChI=1S/C25H28N2/c1-4-10-20(11-5-1)18-26-23-16-17-24(27-19-23)25(21-12-6-2-7-13-21)22-14-8-3-9-15-22/h1-15,23-27H,16-19H2/t23-,24?/m0/s1. The maximum atomic E-state index is 3.84. The molecule has 2 heteroatoms. The Morgan fingerprint density at radius 2 is 1.30 bits per heavy atom. The van der Waals surface area contributed by atoms with Crippen molar-refractivity contribution in [1.29, 1.82) is 0 Å². The summed E-state index contributed by atoms with van der Waals surface area (Å²) < 4.78 is 0. The van der Waals surface area contributed by atoms with Gasteiger partial charge in [-0.3, -0.25) is 0 Å². The molecule has 1 fully saturated rings. The summed E-state index contributed by atoms with van der Waals surface area (Å²) in [6, 6.07) is 33.5. The second-order valence-corrected chi connectivity index (χ2v) is 7.45. The predicted octanol–water partition coefficient (Wildman–Crippen LogP) is 4.73. The molecule has 0 amide bonds. The monoisotopic (exact) mass is 356 g/mol. The Hall–Kier alpha value is -2.42. The molecule has 2 N–H and O–H groups in total. The van der Waals surface area contributed by atoms with E-state index in [9.17, 15) is 0 Å². The van der Waals surface area contributed by atoms with E-state index >= 15 is 0 Å². The van der Waals surface area contributed by atoms with E-state index in [2.05, 4.69) is 102 Å². The third-order valence-corrected chi connectivity index (χ3v) is 5.61. The molecule has 0 radical (unpaired) electrons. The second kappa shape index (κ2) is 8.98. The van der Waals surface area contributed by atoms with E-state index in [1.807, 2.05) is 0 Å². The Balaban J connectivity index is 1.41. The molecule has 0 aromatic heterocycles. The number of hydrogen-bond donors (Lipinski definition) is 2. The molecule has 1 aliphatic heterocycles. The van der Waals surface area contributed by atoms with Crippen LogP contribution >= 0.6 is 0 Å². The number of benzene rings is 3. The molecule has 0 bridgehead atoms. The van der Waals surface area contributed by atoms with Crippen LogP contribution in [0.15, 0.2) is 91.0 Å². The van der Waals surface area contributed by atoms with Gasteiger partial charge in [-0.25, -0.2) is 0 Å². The van der Waals surface area contributed by atoms with Crippen molar-refractivity contribution in [2.45, 2.75) is 37.4 Å². The Bertz CT molecular complexity index is 754. The predicted molar refractivity (Wildman–Crippen MR) is 113 cm³/mol. The summed E-state index contributed by atoms with van der Waals surface area (Å²) >= 11 is 0. The van der Waals surface area contributed by atoms with E-state index in [1.165, 1.54) is 29.5 Å². The van der Waals surface area contributed by atoms with Gasteiger partial charge in [-0.2, -0.15) is 0 Å². The lowest BCUT2D eigenvalue weighted by atomic mass is 9.81. The summed E-state index contributed by atoms with van der Waals surface area (Å²) in [7, 11) is 0. The Morgan fingerprint density at radius 3 is 1.81 bits per heavy atom. The molecule has 0 saturated carbocycles. The normalized spacial score (nSPS) is 19.9. The van der Waals surface area contributed by atoms with Crippen LogP contribution in [0, 0.1) is 0 Å². The van der Waals surface area contributed by atoms with Gasteiger partial charge in [0, 0.05) is 31.1 Å². The lowest BCUT2D eigenvalue weighted by Gasteiger charge is -2.36. The van der Waals surface area contributed by atoms with Gasteiger partial charge >= 0.3 is 0 Å². The van der Waals surface area contributed by atoms with Crippen molar-refractivity contribution in [1.82, 2.24) is 10.6 Å². The Labute approximate surface area is 162 Å². The van der Waals surface area contributed by atoms with Crippen molar-refractivity contribution in [3.63, 3.8) is 0 Å². The van der Waals surface area contributed by atoms with Crippen molar-refractivity contribution in [2.75, 3.05) is 6.54 Å². The first-order valence-corrected chi connectivity index (χ1v) is 10.0. The molecule has 2 atom stereocenters. The van der Waals surface area contributed by atoms with Gasteiger partial charge < -0.3 is 10.6 Å². The van der Waals surface area contributed by atoms with Crippen LogP contribution in [0.1, 0.15) is 35.4 Å². The zero-order valence-corrected chi connectivity index (χ0v) is 15.7. The first-order chi connectivity index (χ1) is 13.4. The topological polar surface area (TPSA) is 24.1 Å². The van der Waals surface area contributed by atoms with E-state index in [-0.39, 0.29) is 0 Å². The lowest BCUT2D eigenvalue weighted by molar-refractivity contribution is 0.307. The minimum absolute atomic E-state index is 0.405. The minimum atomic E-state index is 0.405. The fourth-order valence-corrected chi connectivity index (χ4v) is 4.17. The molecule has 1 heterocycles. The van der Waals surface area contributed by atoms with Crippen LogP contribution < -0.4 is 10.6 Å². The molecule has 1 aliphatic rings. The largest absolute Gasteiger partial charge is 0.311 e. The summed E-state index contributed by atoms with van der Waals surface area (Å²) in [5.74, 6) is 0.405. The van der Waals surface area contributed by atoms with E-state index in [4.69, 9.17) is 0 Å². The average Bonchev–Trinajstić information content (AvgIpc) is 2.76. The maximum Gasteiger partial charge on any atom is 0.0243 e. The first-order valence-electron chi connectivity index (χ1n) is 10.0. The minimum Gasteiger partial charge on any atom is -0.311 e. The molecule has 0 spiro atoms. The molecule has 0 aliphatic carbocycles. The highest BCUT2D eigenvalue weighted by Crippen LogP contribution is 2.31. The van der Waals surface area contributed by atoms with Crippen LogP contribution in [0.25, 0.3) is 0 Å². The molecular formula is C25H28N2. The summed E-state index contributed by atoms with van der Waals surface area (Å²) in [5.41, 5.74) is 4.15. The fraction of sp³-hybridized carbons (Fsp3) is 0.280. The fourth-order valence-electron chi connectivity index (χ4n) is 4.17. The van der Waals surface area contributed by atoms with Crippen molar-refractivity contribution in [3.8, 4) is 0 Å². The van der Waals surface area contributed by atoms with Gasteiger partial charge in [-0.15, -0.1) is 0 Å². The van der Waals surface area contributed by atoms with Gasteiger partial charge in [-0.05, 0) is 29.5 Å². The van der Waals surface area contributed by atoms with E-state index in [1.54, 1.807) is 0 Å². The number of rotatable bonds is 6. The van der Waals surface area contributed by atoms with Gasteiger partial charge in [0.15, 0.2) is 0 Å². The number of hydrogen-bond acceptors (Lipinski definition) is 2. The van der Waals surface area contributed by atoms with E-state index in [0.717, 1.165) is 13.1 Å². The summed E-state index contributed by atoms with van der Waals surface area (Å²) in [4.78, 5) is 0. The van der Waals surface area contributed by atoms with E-state index in [0.29, 0.717) is 18.0 Å². The van der Waals surface area contributed by atoms with Crippen LogP contribution in [0.3, 0.4) is 0 Å². The molecular weight excluding hydrogens is 328 g/mol. The average molecular weight is 357 g/mol. The highest BCUT2D eigenvalue weighted by Gasteiger charge is 2.29. The third-order valence-electron chi connectivity index (χ3n) is 5.61. The summed E-state index contributed by atoms with van der Waals surface area (Å²) in [6.07, 6.45) is 2.39. The molecule has 1 saturated heterocycles. The molecule has 4 rings (SSSR count). The summed E-state index contributed by atoms with van der Waals surface area (Å²) in [5, 5.41) is 7.55. The smallest absolute Gasteiger partial charge is 0.0243 e. The molecule has 2 nitrogen and oxygen atoms in total. The first kappa shape index (κ1) is 18.0. The number of piperidine rings is 1. The van der Waals surface area contributed by atoms with Crippen molar-refractivity contribution >= 4 is 0 Å². The molecule has 27 heavy (non-hydrogen) atoms. The lowest BCUT2D eigenvalue weighted by Crippen LogP contribution is -2.49. The zero-order valence-electron chi connectivity index (χ0n) is 15.7. The third kappa shape index (κ3) is 4.65. The van der Waals surface area contributed by atoms with Crippen molar-refractivity contribution in [3.05, 3.63) is 108 Å². The Kier molecular flexibility index (Phi) is 5.98. The second-order valence-electron chi connectivity index (χ2n) is 7.45. The van der Waals surface area contributed by atoms with Crippen molar-refractivity contribution in [2.24, 2.45) is 0 Å². The van der Waals surface area contributed by atoms with E-state index < -0.39 is 0 Å².